The first kappa shape index (κ1) is 19.4. The van der Waals surface area contributed by atoms with Gasteiger partial charge >= 0.3 is 5.69 Å². The number of carbonyl (C=O) groups excluding carboxylic acids is 1. The number of likely N-dealkylation sites (tertiary alicyclic amines) is 1. The number of nitrogens with zero attached hydrogens (tertiary/aromatic N) is 5. The molecule has 0 aromatic carbocycles. The van der Waals surface area contributed by atoms with Gasteiger partial charge in [-0.25, -0.2) is 14.8 Å². The summed E-state index contributed by atoms with van der Waals surface area (Å²) < 4.78 is 0.993. The van der Waals surface area contributed by atoms with Crippen LogP contribution in [0.3, 0.4) is 0 Å². The Morgan fingerprint density at radius 1 is 1.31 bits per heavy atom. The largest absolute Gasteiger partial charge is 0.347 e. The molecule has 1 aliphatic heterocycles. The predicted octanol–water partition coefficient (Wildman–Crippen LogP) is -0.0213. The maximum Gasteiger partial charge on any atom is 0.328 e. The third kappa shape index (κ3) is 3.34. The third-order valence-corrected chi connectivity index (χ3v) is 6.15. The fourth-order valence-corrected chi connectivity index (χ4v) is 4.51. The summed E-state index contributed by atoms with van der Waals surface area (Å²) in [5, 5.41) is 0. The Morgan fingerprint density at radius 2 is 2.10 bits per heavy atom. The van der Waals surface area contributed by atoms with E-state index >= 15 is 0 Å². The molecule has 0 radical (unpaired) electrons. The molecular formula is C20H26N6O3. The van der Waals surface area contributed by atoms with Gasteiger partial charge < -0.3 is 14.8 Å². The number of carbonyl (C=O) groups is 1. The molecule has 1 aliphatic carbocycles. The average molecular weight is 398 g/mol. The standard InChI is InChI=1S/C20H26N6O3/c1-24(2)18-21-10-13-5-7-20(16(13)23-18)6-4-8-26(12-20)15(27)9-14-11-22-19(29)25(3)17(14)28/h10-11H,4-9,12H2,1-3H3,(H,22,29). The Bertz CT molecular complexity index is 1070. The van der Waals surface area contributed by atoms with Gasteiger partial charge in [-0.15, -0.1) is 0 Å². The Hall–Kier alpha value is -2.97. The lowest BCUT2D eigenvalue weighted by atomic mass is 9.77. The van der Waals surface area contributed by atoms with Crippen LogP contribution >= 0.6 is 0 Å². The normalized spacial score (nSPS) is 20.7. The van der Waals surface area contributed by atoms with E-state index in [1.54, 1.807) is 0 Å². The first-order chi connectivity index (χ1) is 13.8. The maximum absolute atomic E-state index is 13.0. The predicted molar refractivity (Wildman–Crippen MR) is 108 cm³/mol. The molecular weight excluding hydrogens is 372 g/mol. The number of aromatic amines is 1. The molecule has 4 rings (SSSR count). The molecule has 154 valence electrons. The second kappa shape index (κ2) is 7.13. The number of H-pyrrole nitrogens is 1. The van der Waals surface area contributed by atoms with Gasteiger partial charge in [0.1, 0.15) is 0 Å². The fourth-order valence-electron chi connectivity index (χ4n) is 4.51. The number of hydrogen-bond donors (Lipinski definition) is 1. The van der Waals surface area contributed by atoms with E-state index in [-0.39, 0.29) is 17.7 Å². The number of rotatable bonds is 3. The zero-order valence-electron chi connectivity index (χ0n) is 17.1. The minimum atomic E-state index is -0.484. The molecule has 9 heteroatoms. The van der Waals surface area contributed by atoms with Crippen LogP contribution in [0.4, 0.5) is 5.95 Å². The van der Waals surface area contributed by atoms with E-state index in [9.17, 15) is 14.4 Å². The van der Waals surface area contributed by atoms with Crippen LogP contribution in [0.15, 0.2) is 22.0 Å². The summed E-state index contributed by atoms with van der Waals surface area (Å²) in [6.07, 6.45) is 7.02. The molecule has 1 fully saturated rings. The minimum absolute atomic E-state index is 0.0148. The summed E-state index contributed by atoms with van der Waals surface area (Å²) in [4.78, 5) is 52.3. The molecule has 1 spiro atoms. The summed E-state index contributed by atoms with van der Waals surface area (Å²) in [5.41, 5.74) is 1.48. The molecule has 3 heterocycles. The van der Waals surface area contributed by atoms with Gasteiger partial charge in [-0.05, 0) is 31.2 Å². The Kier molecular flexibility index (Phi) is 4.76. The number of fused-ring (bicyclic) bond motifs is 2. The highest BCUT2D eigenvalue weighted by Crippen LogP contribution is 2.44. The van der Waals surface area contributed by atoms with Crippen molar-refractivity contribution >= 4 is 11.9 Å². The first-order valence-electron chi connectivity index (χ1n) is 9.90. The van der Waals surface area contributed by atoms with Crippen molar-refractivity contribution in [2.75, 3.05) is 32.1 Å². The van der Waals surface area contributed by atoms with Crippen molar-refractivity contribution in [2.45, 2.75) is 37.5 Å². The van der Waals surface area contributed by atoms with E-state index in [1.807, 2.05) is 30.1 Å². The second-order valence-corrected chi connectivity index (χ2v) is 8.30. The van der Waals surface area contributed by atoms with Crippen LogP contribution in [-0.4, -0.2) is 57.5 Å². The zero-order valence-corrected chi connectivity index (χ0v) is 17.1. The van der Waals surface area contributed by atoms with Crippen LogP contribution in [0.5, 0.6) is 0 Å². The SMILES string of the molecule is CN(C)c1ncc2c(n1)C1(CCCN(C(=O)Cc3c[nH]c(=O)n(C)c3=O)C1)CC2. The topological polar surface area (TPSA) is 104 Å². The molecule has 2 aromatic heterocycles. The summed E-state index contributed by atoms with van der Waals surface area (Å²) in [6.45, 7) is 1.28. The number of anilines is 1. The average Bonchev–Trinajstić information content (AvgIpc) is 3.05. The van der Waals surface area contributed by atoms with Crippen molar-refractivity contribution in [1.29, 1.82) is 0 Å². The van der Waals surface area contributed by atoms with Crippen molar-refractivity contribution in [3.05, 3.63) is 50.1 Å². The molecule has 1 unspecified atom stereocenters. The molecule has 29 heavy (non-hydrogen) atoms. The lowest BCUT2D eigenvalue weighted by Crippen LogP contribution is -2.49. The molecule has 1 N–H and O–H groups in total. The van der Waals surface area contributed by atoms with Crippen LogP contribution in [0.25, 0.3) is 0 Å². The Labute approximate surface area is 168 Å². The van der Waals surface area contributed by atoms with E-state index < -0.39 is 11.2 Å². The van der Waals surface area contributed by atoms with E-state index in [2.05, 4.69) is 9.97 Å². The van der Waals surface area contributed by atoms with Gasteiger partial charge in [-0.1, -0.05) is 0 Å². The van der Waals surface area contributed by atoms with Crippen LogP contribution in [-0.2, 0) is 30.1 Å². The van der Waals surface area contributed by atoms with Gasteiger partial charge in [0.15, 0.2) is 0 Å². The van der Waals surface area contributed by atoms with Gasteiger partial charge in [-0.2, -0.15) is 0 Å². The van der Waals surface area contributed by atoms with Gasteiger partial charge in [0, 0.05) is 57.6 Å². The third-order valence-electron chi connectivity index (χ3n) is 6.15. The van der Waals surface area contributed by atoms with Crippen LogP contribution in [0, 0.1) is 0 Å². The summed E-state index contributed by atoms with van der Waals surface area (Å²) >= 11 is 0. The van der Waals surface area contributed by atoms with Crippen molar-refractivity contribution < 1.29 is 4.79 Å². The van der Waals surface area contributed by atoms with Crippen molar-refractivity contribution in [1.82, 2.24) is 24.4 Å². The second-order valence-electron chi connectivity index (χ2n) is 8.30. The highest BCUT2D eigenvalue weighted by atomic mass is 16.2. The monoisotopic (exact) mass is 398 g/mol. The highest BCUT2D eigenvalue weighted by Gasteiger charge is 2.44. The van der Waals surface area contributed by atoms with Crippen molar-refractivity contribution in [2.24, 2.45) is 7.05 Å². The fraction of sp³-hybridized carbons (Fsp3) is 0.550. The summed E-state index contributed by atoms with van der Waals surface area (Å²) in [7, 11) is 5.25. The van der Waals surface area contributed by atoms with E-state index in [0.717, 1.165) is 35.9 Å². The molecule has 1 amide bonds. The molecule has 0 saturated carbocycles. The van der Waals surface area contributed by atoms with Crippen LogP contribution in [0.1, 0.15) is 36.1 Å². The Balaban J connectivity index is 1.58. The quantitative estimate of drug-likeness (QED) is 0.779. The van der Waals surface area contributed by atoms with Crippen LogP contribution < -0.4 is 16.1 Å². The van der Waals surface area contributed by atoms with Crippen molar-refractivity contribution in [3.63, 3.8) is 0 Å². The van der Waals surface area contributed by atoms with Gasteiger partial charge in [-0.3, -0.25) is 14.2 Å². The number of piperidine rings is 1. The maximum atomic E-state index is 13.0. The van der Waals surface area contributed by atoms with Crippen LogP contribution in [0.2, 0.25) is 0 Å². The number of amides is 1. The van der Waals surface area contributed by atoms with E-state index in [0.29, 0.717) is 24.6 Å². The van der Waals surface area contributed by atoms with Crippen molar-refractivity contribution in [3.8, 4) is 0 Å². The highest BCUT2D eigenvalue weighted by molar-refractivity contribution is 5.79. The smallest absolute Gasteiger partial charge is 0.328 e. The molecule has 9 nitrogen and oxygen atoms in total. The molecule has 0 bridgehead atoms. The number of hydrogen-bond acceptors (Lipinski definition) is 6. The summed E-state index contributed by atoms with van der Waals surface area (Å²) in [5.74, 6) is 0.591. The molecule has 2 aromatic rings. The van der Waals surface area contributed by atoms with Gasteiger partial charge in [0.25, 0.3) is 5.56 Å². The van der Waals surface area contributed by atoms with Gasteiger partial charge in [0.2, 0.25) is 11.9 Å². The molecule has 2 aliphatic rings. The number of aryl methyl sites for hydroxylation is 1. The summed E-state index contributed by atoms with van der Waals surface area (Å²) in [6, 6.07) is 0. The lowest BCUT2D eigenvalue weighted by molar-refractivity contribution is -0.132. The van der Waals surface area contributed by atoms with E-state index in [1.165, 1.54) is 18.8 Å². The van der Waals surface area contributed by atoms with E-state index in [4.69, 9.17) is 4.98 Å². The number of nitrogens with one attached hydrogen (secondary N) is 1. The number of aromatic nitrogens is 4. The Morgan fingerprint density at radius 3 is 2.86 bits per heavy atom. The molecule has 1 atom stereocenters. The minimum Gasteiger partial charge on any atom is -0.347 e. The first-order valence-corrected chi connectivity index (χ1v) is 9.90. The lowest BCUT2D eigenvalue weighted by Gasteiger charge is -2.40. The zero-order chi connectivity index (χ0) is 20.8. The molecule has 1 saturated heterocycles. The van der Waals surface area contributed by atoms with Gasteiger partial charge in [0.05, 0.1) is 12.1 Å².